The predicted octanol–water partition coefficient (Wildman–Crippen LogP) is 0.528. The number of nitrogens with one attached hydrogen (secondary N) is 1. The van der Waals surface area contributed by atoms with Gasteiger partial charge in [0.1, 0.15) is 9.84 Å². The Bertz CT molecular complexity index is 545. The van der Waals surface area contributed by atoms with E-state index in [9.17, 15) is 17.6 Å². The van der Waals surface area contributed by atoms with Crippen molar-refractivity contribution in [2.24, 2.45) is 0 Å². The van der Waals surface area contributed by atoms with E-state index < -0.39 is 21.7 Å². The van der Waals surface area contributed by atoms with Crippen molar-refractivity contribution in [2.75, 3.05) is 11.5 Å². The molecule has 0 bridgehead atoms. The molecule has 0 spiro atoms. The Balaban J connectivity index is 1.97. The number of hydrogen-bond donors (Lipinski definition) is 1. The number of halogens is 1. The van der Waals surface area contributed by atoms with Gasteiger partial charge in [0.05, 0.1) is 11.5 Å². The molecular formula is C11H13FN2O3S. The molecule has 1 saturated heterocycles. The standard InChI is InChI=1S/C11H13FN2O3S/c12-10-7-8(1-4-13-10)11(15)14-9-2-5-18(16,17)6-3-9/h1,4,7,9H,2-3,5-6H2,(H,14,15). The molecule has 0 radical (unpaired) electrons. The Morgan fingerprint density at radius 1 is 1.39 bits per heavy atom. The quantitative estimate of drug-likeness (QED) is 0.797. The van der Waals surface area contributed by atoms with Crippen LogP contribution in [0, 0.1) is 5.95 Å². The molecule has 1 aromatic rings. The number of nitrogens with zero attached hydrogens (tertiary/aromatic N) is 1. The molecule has 0 unspecified atom stereocenters. The molecule has 1 aliphatic heterocycles. The monoisotopic (exact) mass is 272 g/mol. The van der Waals surface area contributed by atoms with Gasteiger partial charge in [-0.25, -0.2) is 13.4 Å². The third kappa shape index (κ3) is 3.25. The van der Waals surface area contributed by atoms with Gasteiger partial charge in [-0.05, 0) is 18.9 Å². The van der Waals surface area contributed by atoms with E-state index in [1.54, 1.807) is 0 Å². The molecule has 0 aliphatic carbocycles. The lowest BCUT2D eigenvalue weighted by Gasteiger charge is -2.22. The van der Waals surface area contributed by atoms with Crippen molar-refractivity contribution in [1.29, 1.82) is 0 Å². The number of sulfone groups is 1. The molecule has 1 fully saturated rings. The summed E-state index contributed by atoms with van der Waals surface area (Å²) in [6.07, 6.45) is 2.03. The molecule has 2 heterocycles. The smallest absolute Gasteiger partial charge is 0.251 e. The molecular weight excluding hydrogens is 259 g/mol. The molecule has 98 valence electrons. The van der Waals surface area contributed by atoms with E-state index in [1.165, 1.54) is 12.3 Å². The second kappa shape index (κ2) is 5.01. The van der Waals surface area contributed by atoms with Gasteiger partial charge in [0.2, 0.25) is 5.95 Å². The number of pyridine rings is 1. The number of aromatic nitrogens is 1. The van der Waals surface area contributed by atoms with E-state index in [0.717, 1.165) is 6.07 Å². The molecule has 1 aliphatic rings. The third-order valence-electron chi connectivity index (χ3n) is 2.88. The highest BCUT2D eigenvalue weighted by Gasteiger charge is 2.24. The van der Waals surface area contributed by atoms with Gasteiger partial charge in [-0.15, -0.1) is 0 Å². The van der Waals surface area contributed by atoms with Gasteiger partial charge in [-0.2, -0.15) is 4.39 Å². The normalized spacial score (nSPS) is 19.4. The molecule has 0 saturated carbocycles. The zero-order valence-electron chi connectivity index (χ0n) is 9.60. The van der Waals surface area contributed by atoms with Crippen molar-refractivity contribution in [3.63, 3.8) is 0 Å². The van der Waals surface area contributed by atoms with Crippen LogP contribution in [0.25, 0.3) is 0 Å². The minimum atomic E-state index is -2.94. The number of carbonyl (C=O) groups excluding carboxylic acids is 1. The SMILES string of the molecule is O=C(NC1CCS(=O)(=O)CC1)c1ccnc(F)c1. The molecule has 5 nitrogen and oxygen atoms in total. The van der Waals surface area contributed by atoms with Gasteiger partial charge in [0.15, 0.2) is 0 Å². The Morgan fingerprint density at radius 2 is 2.06 bits per heavy atom. The Morgan fingerprint density at radius 3 is 2.67 bits per heavy atom. The first kappa shape index (κ1) is 12.9. The van der Waals surface area contributed by atoms with Crippen LogP contribution in [0.1, 0.15) is 23.2 Å². The number of carbonyl (C=O) groups is 1. The summed E-state index contributed by atoms with van der Waals surface area (Å²) in [5, 5.41) is 2.70. The maximum atomic E-state index is 12.8. The van der Waals surface area contributed by atoms with Crippen LogP contribution in [0.15, 0.2) is 18.3 Å². The topological polar surface area (TPSA) is 76.1 Å². The van der Waals surface area contributed by atoms with Crippen LogP contribution in [0.2, 0.25) is 0 Å². The molecule has 7 heteroatoms. The number of amides is 1. The van der Waals surface area contributed by atoms with Gasteiger partial charge in [-0.1, -0.05) is 0 Å². The van der Waals surface area contributed by atoms with Crippen LogP contribution in [-0.2, 0) is 9.84 Å². The van der Waals surface area contributed by atoms with E-state index in [0.29, 0.717) is 12.8 Å². The van der Waals surface area contributed by atoms with Gasteiger partial charge in [0, 0.05) is 23.9 Å². The average Bonchev–Trinajstić information content (AvgIpc) is 2.32. The molecule has 0 aromatic carbocycles. The zero-order valence-corrected chi connectivity index (χ0v) is 10.4. The predicted molar refractivity (Wildman–Crippen MR) is 63.3 cm³/mol. The largest absolute Gasteiger partial charge is 0.349 e. The summed E-state index contributed by atoms with van der Waals surface area (Å²) >= 11 is 0. The van der Waals surface area contributed by atoms with Crippen molar-refractivity contribution in [3.8, 4) is 0 Å². The summed E-state index contributed by atoms with van der Waals surface area (Å²) < 4.78 is 35.3. The number of rotatable bonds is 2. The van der Waals surface area contributed by atoms with E-state index in [4.69, 9.17) is 0 Å². The summed E-state index contributed by atoms with van der Waals surface area (Å²) in [4.78, 5) is 15.1. The molecule has 2 rings (SSSR count). The second-order valence-electron chi connectivity index (χ2n) is 4.27. The van der Waals surface area contributed by atoms with Crippen molar-refractivity contribution in [1.82, 2.24) is 10.3 Å². The summed E-state index contributed by atoms with van der Waals surface area (Å²) in [6, 6.07) is 2.30. The fraction of sp³-hybridized carbons (Fsp3) is 0.455. The van der Waals surface area contributed by atoms with Gasteiger partial charge >= 0.3 is 0 Å². The molecule has 1 amide bonds. The fourth-order valence-corrected chi connectivity index (χ4v) is 3.34. The van der Waals surface area contributed by atoms with Crippen molar-refractivity contribution in [3.05, 3.63) is 29.8 Å². The third-order valence-corrected chi connectivity index (χ3v) is 4.59. The highest BCUT2D eigenvalue weighted by Crippen LogP contribution is 2.13. The Hall–Kier alpha value is -1.50. The molecule has 1 aromatic heterocycles. The molecule has 1 N–H and O–H groups in total. The maximum Gasteiger partial charge on any atom is 0.251 e. The lowest BCUT2D eigenvalue weighted by atomic mass is 10.1. The minimum absolute atomic E-state index is 0.0860. The van der Waals surface area contributed by atoms with Crippen molar-refractivity contribution in [2.45, 2.75) is 18.9 Å². The van der Waals surface area contributed by atoms with E-state index in [1.807, 2.05) is 0 Å². The fourth-order valence-electron chi connectivity index (χ4n) is 1.85. The zero-order chi connectivity index (χ0) is 13.2. The van der Waals surface area contributed by atoms with E-state index in [2.05, 4.69) is 10.3 Å². The Kier molecular flexibility index (Phi) is 3.60. The van der Waals surface area contributed by atoms with Crippen LogP contribution < -0.4 is 5.32 Å². The maximum absolute atomic E-state index is 12.8. The Labute approximate surface area is 104 Å². The van der Waals surface area contributed by atoms with E-state index >= 15 is 0 Å². The summed E-state index contributed by atoms with van der Waals surface area (Å²) in [6.45, 7) is 0. The lowest BCUT2D eigenvalue weighted by molar-refractivity contribution is 0.0933. The summed E-state index contributed by atoms with van der Waals surface area (Å²) in [7, 11) is -2.94. The van der Waals surface area contributed by atoms with Crippen LogP contribution in [0.3, 0.4) is 0 Å². The number of hydrogen-bond acceptors (Lipinski definition) is 4. The van der Waals surface area contributed by atoms with Crippen LogP contribution in [0.4, 0.5) is 4.39 Å². The van der Waals surface area contributed by atoms with Gasteiger partial charge < -0.3 is 5.32 Å². The van der Waals surface area contributed by atoms with Gasteiger partial charge in [0.25, 0.3) is 5.91 Å². The van der Waals surface area contributed by atoms with E-state index in [-0.39, 0.29) is 23.1 Å². The molecule has 0 atom stereocenters. The first-order valence-electron chi connectivity index (χ1n) is 5.59. The highest BCUT2D eigenvalue weighted by molar-refractivity contribution is 7.91. The first-order chi connectivity index (χ1) is 8.46. The summed E-state index contributed by atoms with van der Waals surface area (Å²) in [5.41, 5.74) is 0.191. The van der Waals surface area contributed by atoms with Crippen molar-refractivity contribution < 1.29 is 17.6 Å². The lowest BCUT2D eigenvalue weighted by Crippen LogP contribution is -2.40. The summed E-state index contributed by atoms with van der Waals surface area (Å²) in [5.74, 6) is -0.944. The van der Waals surface area contributed by atoms with Crippen molar-refractivity contribution >= 4 is 15.7 Å². The first-order valence-corrected chi connectivity index (χ1v) is 7.41. The highest BCUT2D eigenvalue weighted by atomic mass is 32.2. The van der Waals surface area contributed by atoms with Crippen LogP contribution in [0.5, 0.6) is 0 Å². The van der Waals surface area contributed by atoms with Crippen LogP contribution >= 0.6 is 0 Å². The van der Waals surface area contributed by atoms with Crippen LogP contribution in [-0.4, -0.2) is 36.9 Å². The van der Waals surface area contributed by atoms with Gasteiger partial charge in [-0.3, -0.25) is 4.79 Å². The molecule has 18 heavy (non-hydrogen) atoms. The average molecular weight is 272 g/mol. The second-order valence-corrected chi connectivity index (χ2v) is 6.57. The minimum Gasteiger partial charge on any atom is -0.349 e.